The summed E-state index contributed by atoms with van der Waals surface area (Å²) in [7, 11) is 1.27. The summed E-state index contributed by atoms with van der Waals surface area (Å²) in [6.07, 6.45) is 0.0704. The van der Waals surface area contributed by atoms with Crippen LogP contribution >= 0.6 is 11.8 Å². The number of amides is 2. The first-order valence-electron chi connectivity index (χ1n) is 4.98. The fraction of sp³-hybridized carbons (Fsp3) is 0.667. The maximum absolute atomic E-state index is 11.6. The average molecular weight is 262 g/mol. The number of hydrogen-bond donors (Lipinski definition) is 2. The number of carboxylic acids is 1. The minimum atomic E-state index is -1.02. The van der Waals surface area contributed by atoms with Crippen LogP contribution in [0.3, 0.4) is 0 Å². The SMILES string of the molecule is COC(=O)CCNC(=O)N1CSC[C@H]1C(=O)O. The minimum Gasteiger partial charge on any atom is -0.480 e. The van der Waals surface area contributed by atoms with Crippen molar-refractivity contribution in [3.05, 3.63) is 0 Å². The average Bonchev–Trinajstić information content (AvgIpc) is 2.77. The van der Waals surface area contributed by atoms with Crippen molar-refractivity contribution < 1.29 is 24.2 Å². The van der Waals surface area contributed by atoms with E-state index in [0.717, 1.165) is 0 Å². The van der Waals surface area contributed by atoms with Crippen molar-refractivity contribution in [2.24, 2.45) is 0 Å². The predicted molar refractivity (Wildman–Crippen MR) is 60.6 cm³/mol. The minimum absolute atomic E-state index is 0.0704. The molecule has 17 heavy (non-hydrogen) atoms. The molecule has 7 nitrogen and oxygen atoms in total. The monoisotopic (exact) mass is 262 g/mol. The van der Waals surface area contributed by atoms with E-state index >= 15 is 0 Å². The maximum atomic E-state index is 11.6. The molecule has 1 fully saturated rings. The maximum Gasteiger partial charge on any atom is 0.327 e. The van der Waals surface area contributed by atoms with E-state index in [1.165, 1.54) is 23.8 Å². The second-order valence-electron chi connectivity index (χ2n) is 3.38. The third-order valence-corrected chi connectivity index (χ3v) is 3.27. The molecule has 1 heterocycles. The van der Waals surface area contributed by atoms with Crippen LogP contribution < -0.4 is 5.32 Å². The fourth-order valence-corrected chi connectivity index (χ4v) is 2.47. The number of thioether (sulfide) groups is 1. The summed E-state index contributed by atoms with van der Waals surface area (Å²) in [6, 6.07) is -1.26. The molecule has 8 heteroatoms. The van der Waals surface area contributed by atoms with Crippen molar-refractivity contribution in [1.82, 2.24) is 10.2 Å². The number of carbonyl (C=O) groups is 3. The van der Waals surface area contributed by atoms with E-state index in [1.54, 1.807) is 0 Å². The Labute approximate surface area is 102 Å². The number of ether oxygens (including phenoxy) is 1. The zero-order chi connectivity index (χ0) is 12.8. The summed E-state index contributed by atoms with van der Waals surface area (Å²) < 4.78 is 4.41. The Kier molecular flexibility index (Phi) is 5.08. The predicted octanol–water partition coefficient (Wildman–Crippen LogP) is -0.281. The van der Waals surface area contributed by atoms with Crippen LogP contribution in [0.15, 0.2) is 0 Å². The number of nitrogens with one attached hydrogen (secondary N) is 1. The molecule has 0 aromatic carbocycles. The Balaban J connectivity index is 2.37. The molecule has 1 saturated heterocycles. The first-order chi connectivity index (χ1) is 8.06. The van der Waals surface area contributed by atoms with Gasteiger partial charge in [0, 0.05) is 12.3 Å². The van der Waals surface area contributed by atoms with Gasteiger partial charge in [0.05, 0.1) is 19.4 Å². The lowest BCUT2D eigenvalue weighted by Gasteiger charge is -2.20. The molecule has 1 aliphatic rings. The first-order valence-corrected chi connectivity index (χ1v) is 6.13. The Bertz CT molecular complexity index is 323. The lowest BCUT2D eigenvalue weighted by molar-refractivity contribution is -0.141. The van der Waals surface area contributed by atoms with E-state index in [4.69, 9.17) is 5.11 Å². The van der Waals surface area contributed by atoms with Crippen LogP contribution in [0, 0.1) is 0 Å². The highest BCUT2D eigenvalue weighted by molar-refractivity contribution is 7.99. The van der Waals surface area contributed by atoms with Crippen LogP contribution in [0.4, 0.5) is 4.79 Å². The van der Waals surface area contributed by atoms with E-state index in [2.05, 4.69) is 10.1 Å². The van der Waals surface area contributed by atoms with Gasteiger partial charge in [-0.05, 0) is 0 Å². The third kappa shape index (κ3) is 3.81. The number of nitrogens with zero attached hydrogens (tertiary/aromatic N) is 1. The molecule has 0 radical (unpaired) electrons. The van der Waals surface area contributed by atoms with Crippen molar-refractivity contribution >= 4 is 29.7 Å². The number of urea groups is 1. The third-order valence-electron chi connectivity index (χ3n) is 2.26. The number of rotatable bonds is 4. The second kappa shape index (κ2) is 6.33. The summed E-state index contributed by atoms with van der Waals surface area (Å²) in [5.41, 5.74) is 0. The molecule has 2 amide bonds. The van der Waals surface area contributed by atoms with E-state index in [1.807, 2.05) is 0 Å². The standard InChI is InChI=1S/C9H14N2O5S/c1-16-7(12)2-3-10-9(15)11-5-17-4-6(11)8(13)14/h6H,2-5H2,1H3,(H,10,15)(H,13,14)/t6-/m0/s1. The summed E-state index contributed by atoms with van der Waals surface area (Å²) in [5.74, 6) is -0.699. The smallest absolute Gasteiger partial charge is 0.327 e. The van der Waals surface area contributed by atoms with Gasteiger partial charge in [0.2, 0.25) is 0 Å². The van der Waals surface area contributed by atoms with Crippen molar-refractivity contribution in [1.29, 1.82) is 0 Å². The summed E-state index contributed by atoms with van der Waals surface area (Å²) in [6.45, 7) is 0.138. The number of esters is 1. The van der Waals surface area contributed by atoms with E-state index < -0.39 is 24.0 Å². The second-order valence-corrected chi connectivity index (χ2v) is 4.38. The van der Waals surface area contributed by atoms with E-state index in [0.29, 0.717) is 11.6 Å². The highest BCUT2D eigenvalue weighted by atomic mass is 32.2. The van der Waals surface area contributed by atoms with Gasteiger partial charge in [-0.15, -0.1) is 11.8 Å². The molecule has 0 spiro atoms. The number of carboxylic acid groups (broad SMARTS) is 1. The molecule has 0 aromatic rings. The van der Waals surface area contributed by atoms with Gasteiger partial charge in [0.1, 0.15) is 6.04 Å². The Morgan fingerprint density at radius 3 is 2.82 bits per heavy atom. The number of aliphatic carboxylic acids is 1. The molecular formula is C9H14N2O5S. The van der Waals surface area contributed by atoms with Crippen molar-refractivity contribution in [2.75, 3.05) is 25.3 Å². The number of hydrogen-bond acceptors (Lipinski definition) is 5. The quantitative estimate of drug-likeness (QED) is 0.676. The molecule has 0 saturated carbocycles. The molecule has 0 unspecified atom stereocenters. The Morgan fingerprint density at radius 1 is 1.53 bits per heavy atom. The lowest BCUT2D eigenvalue weighted by atomic mass is 10.3. The molecule has 2 N–H and O–H groups in total. The molecule has 0 aromatic heterocycles. The molecule has 96 valence electrons. The van der Waals surface area contributed by atoms with Gasteiger partial charge < -0.3 is 20.1 Å². The van der Waals surface area contributed by atoms with Crippen LogP contribution in [0.1, 0.15) is 6.42 Å². The number of methoxy groups -OCH3 is 1. The topological polar surface area (TPSA) is 95.9 Å². The van der Waals surface area contributed by atoms with Gasteiger partial charge in [-0.1, -0.05) is 0 Å². The molecule has 0 bridgehead atoms. The lowest BCUT2D eigenvalue weighted by Crippen LogP contribution is -2.47. The zero-order valence-electron chi connectivity index (χ0n) is 9.34. The molecule has 1 rings (SSSR count). The van der Waals surface area contributed by atoms with Crippen molar-refractivity contribution in [2.45, 2.75) is 12.5 Å². The number of carbonyl (C=O) groups excluding carboxylic acids is 2. The molecule has 1 atom stereocenters. The largest absolute Gasteiger partial charge is 0.480 e. The van der Waals surface area contributed by atoms with Crippen LogP contribution in [0.2, 0.25) is 0 Å². The molecule has 1 aliphatic heterocycles. The Morgan fingerprint density at radius 2 is 2.24 bits per heavy atom. The van der Waals surface area contributed by atoms with Gasteiger partial charge in [-0.3, -0.25) is 4.79 Å². The zero-order valence-corrected chi connectivity index (χ0v) is 10.2. The molecular weight excluding hydrogens is 248 g/mol. The van der Waals surface area contributed by atoms with E-state index in [-0.39, 0.29) is 13.0 Å². The molecule has 0 aliphatic carbocycles. The highest BCUT2D eigenvalue weighted by Crippen LogP contribution is 2.20. The normalized spacial score (nSPS) is 18.9. The van der Waals surface area contributed by atoms with Crippen LogP contribution in [0.25, 0.3) is 0 Å². The van der Waals surface area contributed by atoms with Crippen LogP contribution in [-0.4, -0.2) is 59.3 Å². The van der Waals surface area contributed by atoms with Gasteiger partial charge in [-0.25, -0.2) is 9.59 Å². The summed E-state index contributed by atoms with van der Waals surface area (Å²) in [5, 5.41) is 11.4. The van der Waals surface area contributed by atoms with Crippen LogP contribution in [0.5, 0.6) is 0 Å². The highest BCUT2D eigenvalue weighted by Gasteiger charge is 2.34. The first kappa shape index (κ1) is 13.6. The van der Waals surface area contributed by atoms with Crippen molar-refractivity contribution in [3.63, 3.8) is 0 Å². The van der Waals surface area contributed by atoms with Gasteiger partial charge in [-0.2, -0.15) is 0 Å². The van der Waals surface area contributed by atoms with Gasteiger partial charge >= 0.3 is 18.0 Å². The van der Waals surface area contributed by atoms with Crippen molar-refractivity contribution in [3.8, 4) is 0 Å². The summed E-state index contributed by atoms with van der Waals surface area (Å²) >= 11 is 1.38. The van der Waals surface area contributed by atoms with Crippen LogP contribution in [-0.2, 0) is 14.3 Å². The van der Waals surface area contributed by atoms with E-state index in [9.17, 15) is 14.4 Å². The van der Waals surface area contributed by atoms with Gasteiger partial charge in [0.25, 0.3) is 0 Å². The summed E-state index contributed by atoms with van der Waals surface area (Å²) in [4.78, 5) is 34.5. The van der Waals surface area contributed by atoms with Gasteiger partial charge in [0.15, 0.2) is 0 Å². The Hall–Kier alpha value is -1.44. The fourth-order valence-electron chi connectivity index (χ4n) is 1.32.